The number of aliphatic imine (C=N–C) groups is 1. The van der Waals surface area contributed by atoms with Gasteiger partial charge in [0.1, 0.15) is 0 Å². The Labute approximate surface area is 93.8 Å². The fourth-order valence-electron chi connectivity index (χ4n) is 2.48. The Balaban J connectivity index is 2.65. The summed E-state index contributed by atoms with van der Waals surface area (Å²) in [5.41, 5.74) is 1.08. The lowest BCUT2D eigenvalue weighted by molar-refractivity contribution is 0.105. The minimum absolute atomic E-state index is 0.141. The minimum Gasteiger partial charge on any atom is -0.391 e. The molecule has 1 N–H and O–H groups in total. The van der Waals surface area contributed by atoms with E-state index in [-0.39, 0.29) is 11.6 Å². The summed E-state index contributed by atoms with van der Waals surface area (Å²) in [6.07, 6.45) is 7.79. The molecule has 0 aliphatic heterocycles. The molecule has 0 saturated heterocycles. The van der Waals surface area contributed by atoms with E-state index in [9.17, 15) is 5.11 Å². The van der Waals surface area contributed by atoms with Gasteiger partial charge in [0.15, 0.2) is 0 Å². The fraction of sp³-hybridized carbons (Fsp3) is 0.923. The zero-order valence-corrected chi connectivity index (χ0v) is 10.4. The molecule has 0 aromatic heterocycles. The summed E-state index contributed by atoms with van der Waals surface area (Å²) in [5.74, 6) is 0. The van der Waals surface area contributed by atoms with Crippen molar-refractivity contribution in [1.29, 1.82) is 0 Å². The van der Waals surface area contributed by atoms with Crippen molar-refractivity contribution in [2.45, 2.75) is 77.4 Å². The SMILES string of the molecule is CCCCC(C)=NC1(C(C)O)CCCC1. The molecule has 88 valence electrons. The van der Waals surface area contributed by atoms with E-state index in [4.69, 9.17) is 4.99 Å². The molecule has 1 aliphatic rings. The van der Waals surface area contributed by atoms with E-state index in [0.717, 1.165) is 19.3 Å². The van der Waals surface area contributed by atoms with Gasteiger partial charge >= 0.3 is 0 Å². The maximum atomic E-state index is 9.87. The van der Waals surface area contributed by atoms with E-state index >= 15 is 0 Å². The number of aliphatic hydroxyl groups excluding tert-OH is 1. The van der Waals surface area contributed by atoms with Crippen LogP contribution in [0.1, 0.15) is 65.7 Å². The lowest BCUT2D eigenvalue weighted by atomic mass is 9.92. The van der Waals surface area contributed by atoms with Crippen molar-refractivity contribution in [2.75, 3.05) is 0 Å². The number of aliphatic hydroxyl groups is 1. The molecule has 0 aromatic rings. The Morgan fingerprint density at radius 3 is 2.47 bits per heavy atom. The Kier molecular flexibility index (Phi) is 4.78. The quantitative estimate of drug-likeness (QED) is 0.695. The monoisotopic (exact) mass is 211 g/mol. The summed E-state index contributed by atoms with van der Waals surface area (Å²) in [6, 6.07) is 0. The number of nitrogens with zero attached hydrogens (tertiary/aromatic N) is 1. The number of unbranched alkanes of at least 4 members (excludes halogenated alkanes) is 1. The summed E-state index contributed by atoms with van der Waals surface area (Å²) < 4.78 is 0. The van der Waals surface area contributed by atoms with Crippen LogP contribution in [0.5, 0.6) is 0 Å². The van der Waals surface area contributed by atoms with E-state index in [1.165, 1.54) is 31.4 Å². The van der Waals surface area contributed by atoms with Crippen LogP contribution in [-0.2, 0) is 0 Å². The topological polar surface area (TPSA) is 32.6 Å². The molecular formula is C13H25NO. The van der Waals surface area contributed by atoms with Gasteiger partial charge < -0.3 is 5.11 Å². The van der Waals surface area contributed by atoms with Crippen LogP contribution in [0.25, 0.3) is 0 Å². The van der Waals surface area contributed by atoms with Crippen molar-refractivity contribution in [3.63, 3.8) is 0 Å². The zero-order chi connectivity index (χ0) is 11.3. The first-order valence-corrected chi connectivity index (χ1v) is 6.34. The molecule has 1 rings (SSSR count). The van der Waals surface area contributed by atoms with E-state index in [2.05, 4.69) is 13.8 Å². The van der Waals surface area contributed by atoms with Gasteiger partial charge in [-0.25, -0.2) is 0 Å². The highest BCUT2D eigenvalue weighted by molar-refractivity contribution is 5.82. The third-order valence-electron chi connectivity index (χ3n) is 3.55. The normalized spacial score (nSPS) is 23.1. The van der Waals surface area contributed by atoms with Crippen LogP contribution >= 0.6 is 0 Å². The van der Waals surface area contributed by atoms with Crippen LogP contribution in [0.15, 0.2) is 4.99 Å². The third-order valence-corrected chi connectivity index (χ3v) is 3.55. The molecule has 2 nitrogen and oxygen atoms in total. The fourth-order valence-corrected chi connectivity index (χ4v) is 2.48. The van der Waals surface area contributed by atoms with Gasteiger partial charge in [0.25, 0.3) is 0 Å². The van der Waals surface area contributed by atoms with Crippen molar-refractivity contribution < 1.29 is 5.11 Å². The first-order valence-electron chi connectivity index (χ1n) is 6.34. The molecule has 1 aliphatic carbocycles. The maximum Gasteiger partial charge on any atom is 0.0862 e. The summed E-state index contributed by atoms with van der Waals surface area (Å²) in [7, 11) is 0. The molecule has 0 bridgehead atoms. The molecule has 0 radical (unpaired) electrons. The summed E-state index contributed by atoms with van der Waals surface area (Å²) in [4.78, 5) is 4.81. The molecule has 1 atom stereocenters. The molecule has 2 heteroatoms. The van der Waals surface area contributed by atoms with Gasteiger partial charge in [-0.2, -0.15) is 0 Å². The molecule has 0 aromatic carbocycles. The standard InChI is InChI=1S/C13H25NO/c1-4-5-8-11(2)14-13(12(3)15)9-6-7-10-13/h12,15H,4-10H2,1-3H3. The van der Waals surface area contributed by atoms with Crippen LogP contribution in [0, 0.1) is 0 Å². The summed E-state index contributed by atoms with van der Waals surface area (Å²) in [5, 5.41) is 9.87. The van der Waals surface area contributed by atoms with Gasteiger partial charge in [0, 0.05) is 5.71 Å². The van der Waals surface area contributed by atoms with E-state index in [1.54, 1.807) is 0 Å². The predicted octanol–water partition coefficient (Wildman–Crippen LogP) is 3.33. The average Bonchev–Trinajstić information content (AvgIpc) is 2.64. The molecule has 1 fully saturated rings. The summed E-state index contributed by atoms with van der Waals surface area (Å²) in [6.45, 7) is 6.20. The van der Waals surface area contributed by atoms with Crippen LogP contribution in [0.3, 0.4) is 0 Å². The van der Waals surface area contributed by atoms with E-state index in [0.29, 0.717) is 0 Å². The van der Waals surface area contributed by atoms with Crippen molar-refractivity contribution in [2.24, 2.45) is 4.99 Å². The number of hydrogen-bond donors (Lipinski definition) is 1. The second-order valence-electron chi connectivity index (χ2n) is 4.94. The third kappa shape index (κ3) is 3.30. The van der Waals surface area contributed by atoms with Gasteiger partial charge in [-0.1, -0.05) is 26.2 Å². The smallest absolute Gasteiger partial charge is 0.0862 e. The Morgan fingerprint density at radius 2 is 2.00 bits per heavy atom. The van der Waals surface area contributed by atoms with Crippen molar-refractivity contribution >= 4 is 5.71 Å². The Hall–Kier alpha value is -0.370. The lowest BCUT2D eigenvalue weighted by Crippen LogP contribution is -2.36. The van der Waals surface area contributed by atoms with Gasteiger partial charge in [-0.3, -0.25) is 4.99 Å². The van der Waals surface area contributed by atoms with Crippen LogP contribution < -0.4 is 0 Å². The second-order valence-corrected chi connectivity index (χ2v) is 4.94. The van der Waals surface area contributed by atoms with E-state index < -0.39 is 0 Å². The van der Waals surface area contributed by atoms with Crippen LogP contribution in [0.2, 0.25) is 0 Å². The number of rotatable bonds is 5. The van der Waals surface area contributed by atoms with Gasteiger partial charge in [0.2, 0.25) is 0 Å². The van der Waals surface area contributed by atoms with Crippen molar-refractivity contribution in [3.8, 4) is 0 Å². The highest BCUT2D eigenvalue weighted by Crippen LogP contribution is 2.36. The van der Waals surface area contributed by atoms with Crippen molar-refractivity contribution in [1.82, 2.24) is 0 Å². The Bertz CT molecular complexity index is 215. The molecule has 1 saturated carbocycles. The molecule has 15 heavy (non-hydrogen) atoms. The highest BCUT2D eigenvalue weighted by Gasteiger charge is 2.37. The lowest BCUT2D eigenvalue weighted by Gasteiger charge is -2.28. The second kappa shape index (κ2) is 5.64. The van der Waals surface area contributed by atoms with Gasteiger partial charge in [-0.05, 0) is 39.5 Å². The molecule has 0 heterocycles. The zero-order valence-electron chi connectivity index (χ0n) is 10.4. The highest BCUT2D eigenvalue weighted by atomic mass is 16.3. The van der Waals surface area contributed by atoms with E-state index in [1.807, 2.05) is 6.92 Å². The molecule has 1 unspecified atom stereocenters. The first-order chi connectivity index (χ1) is 7.10. The Morgan fingerprint density at radius 1 is 1.40 bits per heavy atom. The molecule has 0 spiro atoms. The van der Waals surface area contributed by atoms with Gasteiger partial charge in [0.05, 0.1) is 11.6 Å². The van der Waals surface area contributed by atoms with Crippen LogP contribution in [-0.4, -0.2) is 22.5 Å². The largest absolute Gasteiger partial charge is 0.391 e. The van der Waals surface area contributed by atoms with Crippen molar-refractivity contribution in [3.05, 3.63) is 0 Å². The predicted molar refractivity (Wildman–Crippen MR) is 65.5 cm³/mol. The first kappa shape index (κ1) is 12.7. The maximum absolute atomic E-state index is 9.87. The average molecular weight is 211 g/mol. The minimum atomic E-state index is -0.295. The van der Waals surface area contributed by atoms with Gasteiger partial charge in [-0.15, -0.1) is 0 Å². The molecular weight excluding hydrogens is 186 g/mol. The molecule has 0 amide bonds. The van der Waals surface area contributed by atoms with Crippen LogP contribution in [0.4, 0.5) is 0 Å². The summed E-state index contributed by atoms with van der Waals surface area (Å²) >= 11 is 0. The number of hydrogen-bond acceptors (Lipinski definition) is 2.